The molecule has 0 unspecified atom stereocenters. The van der Waals surface area contributed by atoms with E-state index in [1.807, 2.05) is 6.07 Å². The van der Waals surface area contributed by atoms with E-state index in [1.165, 1.54) is 17.1 Å². The molecule has 3 aliphatic heterocycles. The summed E-state index contributed by atoms with van der Waals surface area (Å²) >= 11 is 0. The summed E-state index contributed by atoms with van der Waals surface area (Å²) in [6.07, 6.45) is 5.16. The van der Waals surface area contributed by atoms with Gasteiger partial charge in [0.25, 0.3) is 0 Å². The van der Waals surface area contributed by atoms with Crippen LogP contribution in [0, 0.1) is 17.2 Å². The van der Waals surface area contributed by atoms with Crippen molar-refractivity contribution in [3.8, 4) is 6.07 Å². The van der Waals surface area contributed by atoms with Crippen molar-refractivity contribution in [2.24, 2.45) is 5.92 Å². The molecule has 1 aromatic heterocycles. The Bertz CT molecular complexity index is 521. The SMILES string of the molecule is C[C@H]1[C@H](NC(=O)n2cc(C#N)cn2)C2CCN1CC2. The normalized spacial score (nSPS) is 32.8. The van der Waals surface area contributed by atoms with E-state index < -0.39 is 0 Å². The lowest BCUT2D eigenvalue weighted by Crippen LogP contribution is -2.62. The summed E-state index contributed by atoms with van der Waals surface area (Å²) in [6.45, 7) is 4.44. The van der Waals surface area contributed by atoms with Crippen LogP contribution in [0.15, 0.2) is 12.4 Å². The molecular weight excluding hydrogens is 242 g/mol. The minimum absolute atomic E-state index is 0.185. The van der Waals surface area contributed by atoms with E-state index in [2.05, 4.69) is 22.2 Å². The third kappa shape index (κ3) is 2.10. The van der Waals surface area contributed by atoms with Gasteiger partial charge >= 0.3 is 6.03 Å². The molecule has 0 radical (unpaired) electrons. The van der Waals surface area contributed by atoms with Gasteiger partial charge in [-0.3, -0.25) is 4.90 Å². The minimum Gasteiger partial charge on any atom is -0.332 e. The van der Waals surface area contributed by atoms with E-state index in [0.717, 1.165) is 25.9 Å². The van der Waals surface area contributed by atoms with Crippen molar-refractivity contribution in [2.75, 3.05) is 13.1 Å². The lowest BCUT2D eigenvalue weighted by Gasteiger charge is -2.49. The van der Waals surface area contributed by atoms with Crippen LogP contribution in [-0.4, -0.2) is 45.9 Å². The molecule has 0 saturated carbocycles. The summed E-state index contributed by atoms with van der Waals surface area (Å²) in [5.41, 5.74) is 0.400. The highest BCUT2D eigenvalue weighted by Gasteiger charge is 2.40. The summed E-state index contributed by atoms with van der Waals surface area (Å²) in [4.78, 5) is 14.6. The number of nitriles is 1. The number of carbonyl (C=O) groups is 1. The number of aromatic nitrogens is 2. The standard InChI is InChI=1S/C13H17N5O/c1-9-12(11-2-4-17(9)5-3-11)16-13(19)18-8-10(6-14)7-15-18/h7-9,11-12H,2-5H2,1H3,(H,16,19)/t9-,12-/m0/s1. The summed E-state index contributed by atoms with van der Waals surface area (Å²) in [7, 11) is 0. The summed E-state index contributed by atoms with van der Waals surface area (Å²) < 4.78 is 1.21. The fraction of sp³-hybridized carbons (Fsp3) is 0.615. The zero-order valence-electron chi connectivity index (χ0n) is 10.9. The van der Waals surface area contributed by atoms with Gasteiger partial charge in [0.2, 0.25) is 0 Å². The highest BCUT2D eigenvalue weighted by molar-refractivity contribution is 5.76. The molecule has 2 atom stereocenters. The Hall–Kier alpha value is -1.87. The van der Waals surface area contributed by atoms with Crippen LogP contribution in [0.25, 0.3) is 0 Å². The third-order valence-electron chi connectivity index (χ3n) is 4.39. The quantitative estimate of drug-likeness (QED) is 0.809. The molecule has 1 aromatic rings. The predicted octanol–water partition coefficient (Wildman–Crippen LogP) is 0.795. The van der Waals surface area contributed by atoms with Gasteiger partial charge in [0, 0.05) is 12.1 Å². The van der Waals surface area contributed by atoms with Gasteiger partial charge in [0.1, 0.15) is 6.07 Å². The third-order valence-corrected chi connectivity index (χ3v) is 4.39. The zero-order chi connectivity index (χ0) is 13.4. The molecule has 1 N–H and O–H groups in total. The second-order valence-electron chi connectivity index (χ2n) is 5.37. The molecule has 0 aromatic carbocycles. The topological polar surface area (TPSA) is 74.0 Å². The highest BCUT2D eigenvalue weighted by Crippen LogP contribution is 2.32. The summed E-state index contributed by atoms with van der Waals surface area (Å²) in [6, 6.07) is 2.29. The van der Waals surface area contributed by atoms with Gasteiger partial charge in [0.15, 0.2) is 0 Å². The fourth-order valence-corrected chi connectivity index (χ4v) is 3.25. The lowest BCUT2D eigenvalue weighted by molar-refractivity contribution is 0.0266. The molecule has 3 fully saturated rings. The van der Waals surface area contributed by atoms with E-state index in [1.54, 1.807) is 0 Å². The Morgan fingerprint density at radius 1 is 1.53 bits per heavy atom. The number of hydrogen-bond donors (Lipinski definition) is 1. The van der Waals surface area contributed by atoms with E-state index in [0.29, 0.717) is 17.5 Å². The second kappa shape index (κ2) is 4.67. The predicted molar refractivity (Wildman–Crippen MR) is 68.4 cm³/mol. The molecule has 0 aliphatic carbocycles. The van der Waals surface area contributed by atoms with Crippen molar-refractivity contribution in [1.29, 1.82) is 5.26 Å². The highest BCUT2D eigenvalue weighted by atomic mass is 16.2. The number of rotatable bonds is 1. The van der Waals surface area contributed by atoms with Crippen molar-refractivity contribution in [3.63, 3.8) is 0 Å². The molecule has 2 bridgehead atoms. The Kier molecular flexibility index (Phi) is 2.99. The average Bonchev–Trinajstić information content (AvgIpc) is 2.92. The van der Waals surface area contributed by atoms with Crippen LogP contribution in [0.1, 0.15) is 25.3 Å². The van der Waals surface area contributed by atoms with Crippen molar-refractivity contribution in [1.82, 2.24) is 20.0 Å². The van der Waals surface area contributed by atoms with Gasteiger partial charge in [-0.05, 0) is 38.8 Å². The number of fused-ring (bicyclic) bond motifs is 3. The monoisotopic (exact) mass is 259 g/mol. The average molecular weight is 259 g/mol. The molecule has 19 heavy (non-hydrogen) atoms. The van der Waals surface area contributed by atoms with Crippen LogP contribution in [-0.2, 0) is 0 Å². The Morgan fingerprint density at radius 2 is 2.26 bits per heavy atom. The number of piperidine rings is 3. The van der Waals surface area contributed by atoms with Crippen molar-refractivity contribution < 1.29 is 4.79 Å². The molecule has 100 valence electrons. The van der Waals surface area contributed by atoms with Gasteiger partial charge < -0.3 is 5.32 Å². The van der Waals surface area contributed by atoms with E-state index in [4.69, 9.17) is 5.26 Å². The molecule has 3 saturated heterocycles. The molecule has 4 heterocycles. The van der Waals surface area contributed by atoms with Crippen LogP contribution in [0.5, 0.6) is 0 Å². The molecular formula is C13H17N5O. The first-order chi connectivity index (χ1) is 9.19. The maximum absolute atomic E-state index is 12.1. The first kappa shape index (κ1) is 12.2. The number of nitrogens with zero attached hydrogens (tertiary/aromatic N) is 4. The lowest BCUT2D eigenvalue weighted by atomic mass is 9.79. The molecule has 4 rings (SSSR count). The maximum Gasteiger partial charge on any atom is 0.342 e. The minimum atomic E-state index is -0.243. The molecule has 6 heteroatoms. The fourth-order valence-electron chi connectivity index (χ4n) is 3.25. The van der Waals surface area contributed by atoms with Crippen LogP contribution in [0.2, 0.25) is 0 Å². The first-order valence-electron chi connectivity index (χ1n) is 6.68. The van der Waals surface area contributed by atoms with Crippen LogP contribution in [0.4, 0.5) is 4.79 Å². The number of hydrogen-bond acceptors (Lipinski definition) is 4. The Balaban J connectivity index is 1.71. The number of carbonyl (C=O) groups excluding carboxylic acids is 1. The van der Waals surface area contributed by atoms with Crippen LogP contribution < -0.4 is 5.32 Å². The van der Waals surface area contributed by atoms with E-state index >= 15 is 0 Å². The largest absolute Gasteiger partial charge is 0.342 e. The Morgan fingerprint density at radius 3 is 2.84 bits per heavy atom. The molecule has 0 spiro atoms. The number of nitrogens with one attached hydrogen (secondary N) is 1. The summed E-state index contributed by atoms with van der Waals surface area (Å²) in [5.74, 6) is 0.565. The zero-order valence-corrected chi connectivity index (χ0v) is 10.9. The smallest absolute Gasteiger partial charge is 0.332 e. The molecule has 3 aliphatic rings. The van der Waals surface area contributed by atoms with Gasteiger partial charge in [-0.15, -0.1) is 0 Å². The Labute approximate surface area is 112 Å². The molecule has 6 nitrogen and oxygen atoms in total. The maximum atomic E-state index is 12.1. The van der Waals surface area contributed by atoms with Crippen LogP contribution in [0.3, 0.4) is 0 Å². The van der Waals surface area contributed by atoms with Gasteiger partial charge in [-0.2, -0.15) is 15.0 Å². The van der Waals surface area contributed by atoms with Gasteiger partial charge in [-0.25, -0.2) is 4.79 Å². The molecule has 1 amide bonds. The van der Waals surface area contributed by atoms with Gasteiger partial charge in [0.05, 0.1) is 18.0 Å². The number of amides is 1. The van der Waals surface area contributed by atoms with E-state index in [9.17, 15) is 4.79 Å². The second-order valence-corrected chi connectivity index (χ2v) is 5.37. The van der Waals surface area contributed by atoms with Crippen molar-refractivity contribution >= 4 is 6.03 Å². The van der Waals surface area contributed by atoms with Crippen molar-refractivity contribution in [3.05, 3.63) is 18.0 Å². The van der Waals surface area contributed by atoms with Crippen LogP contribution >= 0.6 is 0 Å². The van der Waals surface area contributed by atoms with E-state index in [-0.39, 0.29) is 12.1 Å². The first-order valence-corrected chi connectivity index (χ1v) is 6.68. The summed E-state index contributed by atoms with van der Waals surface area (Å²) in [5, 5.41) is 15.7. The van der Waals surface area contributed by atoms with Crippen molar-refractivity contribution in [2.45, 2.75) is 31.8 Å². The van der Waals surface area contributed by atoms with Gasteiger partial charge in [-0.1, -0.05) is 0 Å².